The molecule has 5 rings (SSSR count). The molecule has 0 aliphatic carbocycles. The van der Waals surface area contributed by atoms with Crippen molar-refractivity contribution in [1.82, 2.24) is 25.1 Å². The summed E-state index contributed by atoms with van der Waals surface area (Å²) in [7, 11) is 1.64. The second-order valence-corrected chi connectivity index (χ2v) is 7.23. The number of carbonyl (C=O) groups excluding carboxylic acids is 1. The van der Waals surface area contributed by atoms with Gasteiger partial charge in [0.25, 0.3) is 5.91 Å². The number of morpholine rings is 1. The first-order valence-corrected chi connectivity index (χ1v) is 10.1. The quantitative estimate of drug-likeness (QED) is 0.550. The van der Waals surface area contributed by atoms with Gasteiger partial charge in [-0.05, 0) is 35.9 Å². The Hall–Kier alpha value is -3.78. The van der Waals surface area contributed by atoms with Crippen LogP contribution in [0.1, 0.15) is 10.5 Å². The molecule has 8 heteroatoms. The molecule has 1 N–H and O–H groups in total. The Labute approximate surface area is 178 Å². The van der Waals surface area contributed by atoms with E-state index in [1.54, 1.807) is 24.4 Å². The number of amides is 1. The summed E-state index contributed by atoms with van der Waals surface area (Å²) in [4.78, 5) is 23.4. The van der Waals surface area contributed by atoms with Gasteiger partial charge in [0.1, 0.15) is 11.4 Å². The average Bonchev–Trinajstić information content (AvgIpc) is 3.27. The van der Waals surface area contributed by atoms with Gasteiger partial charge in [-0.25, -0.2) is 4.98 Å². The SMILES string of the molecule is COc1ccccc1-c1[nH]nc2ncc(-c3ccnc(C(=O)N4CCOCC4)c3)cc12. The largest absolute Gasteiger partial charge is 0.496 e. The lowest BCUT2D eigenvalue weighted by atomic mass is 10.0. The van der Waals surface area contributed by atoms with E-state index in [1.165, 1.54) is 0 Å². The molecule has 8 nitrogen and oxygen atoms in total. The molecule has 0 spiro atoms. The Morgan fingerprint density at radius 1 is 1.10 bits per heavy atom. The fourth-order valence-electron chi connectivity index (χ4n) is 3.77. The zero-order valence-corrected chi connectivity index (χ0v) is 17.0. The minimum absolute atomic E-state index is 0.0859. The number of aromatic amines is 1. The monoisotopic (exact) mass is 415 g/mol. The van der Waals surface area contributed by atoms with Gasteiger partial charge < -0.3 is 14.4 Å². The number of aromatic nitrogens is 4. The number of nitrogens with zero attached hydrogens (tertiary/aromatic N) is 4. The lowest BCUT2D eigenvalue weighted by Gasteiger charge is -2.26. The molecule has 31 heavy (non-hydrogen) atoms. The number of ether oxygens (including phenoxy) is 2. The van der Waals surface area contributed by atoms with Crippen molar-refractivity contribution in [3.63, 3.8) is 0 Å². The summed E-state index contributed by atoms with van der Waals surface area (Å²) in [5, 5.41) is 8.29. The molecule has 4 aromatic rings. The van der Waals surface area contributed by atoms with Crippen LogP contribution in [0.2, 0.25) is 0 Å². The third kappa shape index (κ3) is 3.62. The standard InChI is InChI=1S/C23H21N5O3/c1-30-20-5-3-2-4-17(20)21-18-12-16(14-25-22(18)27-26-21)15-6-7-24-19(13-15)23(29)28-8-10-31-11-9-28/h2-7,12-14H,8-11H2,1H3,(H,25,26,27). The van der Waals surface area contributed by atoms with Gasteiger partial charge in [-0.15, -0.1) is 0 Å². The number of para-hydroxylation sites is 1. The van der Waals surface area contributed by atoms with Crippen molar-refractivity contribution in [1.29, 1.82) is 0 Å². The number of rotatable bonds is 4. The van der Waals surface area contributed by atoms with E-state index in [4.69, 9.17) is 9.47 Å². The van der Waals surface area contributed by atoms with Gasteiger partial charge in [0.15, 0.2) is 5.65 Å². The van der Waals surface area contributed by atoms with Crippen molar-refractivity contribution in [2.75, 3.05) is 33.4 Å². The van der Waals surface area contributed by atoms with Gasteiger partial charge in [0, 0.05) is 42.0 Å². The third-order valence-corrected chi connectivity index (χ3v) is 5.40. The number of hydrogen-bond donors (Lipinski definition) is 1. The minimum Gasteiger partial charge on any atom is -0.496 e. The van der Waals surface area contributed by atoms with Crippen LogP contribution in [-0.4, -0.2) is 64.4 Å². The first-order valence-electron chi connectivity index (χ1n) is 10.1. The number of benzene rings is 1. The van der Waals surface area contributed by atoms with Gasteiger partial charge in [-0.3, -0.25) is 14.9 Å². The molecule has 1 aromatic carbocycles. The van der Waals surface area contributed by atoms with Crippen LogP contribution >= 0.6 is 0 Å². The predicted molar refractivity (Wildman–Crippen MR) is 116 cm³/mol. The number of nitrogens with one attached hydrogen (secondary N) is 1. The van der Waals surface area contributed by atoms with Crippen LogP contribution < -0.4 is 4.74 Å². The Kier molecular flexibility index (Phi) is 5.05. The number of pyridine rings is 2. The van der Waals surface area contributed by atoms with E-state index >= 15 is 0 Å². The van der Waals surface area contributed by atoms with Gasteiger partial charge >= 0.3 is 0 Å². The second-order valence-electron chi connectivity index (χ2n) is 7.23. The van der Waals surface area contributed by atoms with Gasteiger partial charge in [0.2, 0.25) is 0 Å². The van der Waals surface area contributed by atoms with Crippen molar-refractivity contribution in [2.45, 2.75) is 0 Å². The molecule has 0 unspecified atom stereocenters. The zero-order valence-electron chi connectivity index (χ0n) is 17.0. The van der Waals surface area contributed by atoms with Crippen LogP contribution in [0.4, 0.5) is 0 Å². The molecule has 156 valence electrons. The highest BCUT2D eigenvalue weighted by atomic mass is 16.5. The average molecular weight is 415 g/mol. The van der Waals surface area contributed by atoms with E-state index in [0.717, 1.165) is 33.5 Å². The summed E-state index contributed by atoms with van der Waals surface area (Å²) in [6.07, 6.45) is 3.41. The molecular weight excluding hydrogens is 394 g/mol. The summed E-state index contributed by atoms with van der Waals surface area (Å²) in [5.74, 6) is 0.665. The number of fused-ring (bicyclic) bond motifs is 1. The molecule has 3 aromatic heterocycles. The maximum Gasteiger partial charge on any atom is 0.272 e. The molecule has 1 fully saturated rings. The Bertz CT molecular complexity index is 1250. The fourth-order valence-corrected chi connectivity index (χ4v) is 3.77. The van der Waals surface area contributed by atoms with Crippen molar-refractivity contribution in [3.8, 4) is 28.1 Å². The van der Waals surface area contributed by atoms with Crippen molar-refractivity contribution in [2.24, 2.45) is 0 Å². The van der Waals surface area contributed by atoms with Crippen LogP contribution in [-0.2, 0) is 4.74 Å². The Balaban J connectivity index is 1.53. The normalized spacial score (nSPS) is 14.0. The molecule has 1 aliphatic heterocycles. The molecule has 0 saturated carbocycles. The predicted octanol–water partition coefficient (Wildman–Crippen LogP) is 3.17. The molecule has 1 amide bonds. The lowest BCUT2D eigenvalue weighted by Crippen LogP contribution is -2.41. The number of hydrogen-bond acceptors (Lipinski definition) is 6. The fraction of sp³-hybridized carbons (Fsp3) is 0.217. The summed E-state index contributed by atoms with van der Waals surface area (Å²) >= 11 is 0. The van der Waals surface area contributed by atoms with Crippen LogP contribution in [0.3, 0.4) is 0 Å². The molecule has 0 radical (unpaired) electrons. The van der Waals surface area contributed by atoms with E-state index < -0.39 is 0 Å². The zero-order chi connectivity index (χ0) is 21.2. The van der Waals surface area contributed by atoms with Crippen LogP contribution in [0, 0.1) is 0 Å². The number of carbonyl (C=O) groups is 1. The number of H-pyrrole nitrogens is 1. The van der Waals surface area contributed by atoms with E-state index in [2.05, 4.69) is 20.2 Å². The molecule has 4 heterocycles. The molecular formula is C23H21N5O3. The van der Waals surface area contributed by atoms with E-state index in [1.807, 2.05) is 42.5 Å². The Morgan fingerprint density at radius 2 is 1.94 bits per heavy atom. The molecule has 1 aliphatic rings. The highest BCUT2D eigenvalue weighted by Gasteiger charge is 2.20. The summed E-state index contributed by atoms with van der Waals surface area (Å²) in [6, 6.07) is 13.5. The first-order chi connectivity index (χ1) is 15.2. The molecule has 1 saturated heterocycles. The number of methoxy groups -OCH3 is 1. The van der Waals surface area contributed by atoms with Crippen molar-refractivity contribution < 1.29 is 14.3 Å². The van der Waals surface area contributed by atoms with E-state index in [0.29, 0.717) is 37.6 Å². The maximum atomic E-state index is 12.8. The molecule has 0 bridgehead atoms. The van der Waals surface area contributed by atoms with E-state index in [-0.39, 0.29) is 5.91 Å². The van der Waals surface area contributed by atoms with Crippen molar-refractivity contribution >= 4 is 16.9 Å². The van der Waals surface area contributed by atoms with Crippen LogP contribution in [0.25, 0.3) is 33.4 Å². The highest BCUT2D eigenvalue weighted by Crippen LogP contribution is 2.34. The highest BCUT2D eigenvalue weighted by molar-refractivity contribution is 5.96. The molecule has 0 atom stereocenters. The summed E-state index contributed by atoms with van der Waals surface area (Å²) in [5.41, 5.74) is 4.52. The minimum atomic E-state index is -0.0859. The van der Waals surface area contributed by atoms with Gasteiger partial charge in [-0.1, -0.05) is 12.1 Å². The van der Waals surface area contributed by atoms with Crippen molar-refractivity contribution in [3.05, 3.63) is 60.6 Å². The summed E-state index contributed by atoms with van der Waals surface area (Å²) in [6.45, 7) is 2.27. The first kappa shape index (κ1) is 19.2. The third-order valence-electron chi connectivity index (χ3n) is 5.40. The van der Waals surface area contributed by atoms with E-state index in [9.17, 15) is 4.79 Å². The topological polar surface area (TPSA) is 93.2 Å². The Morgan fingerprint density at radius 3 is 2.77 bits per heavy atom. The second kappa shape index (κ2) is 8.16. The van der Waals surface area contributed by atoms with Crippen LogP contribution in [0.5, 0.6) is 5.75 Å². The van der Waals surface area contributed by atoms with Gasteiger partial charge in [0.05, 0.1) is 26.0 Å². The van der Waals surface area contributed by atoms with Crippen LogP contribution in [0.15, 0.2) is 54.9 Å². The van der Waals surface area contributed by atoms with Gasteiger partial charge in [-0.2, -0.15) is 5.10 Å². The smallest absolute Gasteiger partial charge is 0.272 e. The lowest BCUT2D eigenvalue weighted by molar-refractivity contribution is 0.0299. The summed E-state index contributed by atoms with van der Waals surface area (Å²) < 4.78 is 10.8. The maximum absolute atomic E-state index is 12.8.